The Kier molecular flexibility index (Phi) is 6.67. The number of carbonyl (C=O) groups excluding carboxylic acids is 5. The molecule has 2 aromatic rings. The van der Waals surface area contributed by atoms with Crippen molar-refractivity contribution in [3.05, 3.63) is 71.3 Å². The average Bonchev–Trinajstić information content (AvgIpc) is 3.03. The lowest BCUT2D eigenvalue weighted by molar-refractivity contribution is -0.161. The first-order chi connectivity index (χ1) is 15.3. The Labute approximate surface area is 184 Å². The number of fused-ring (bicyclic) bond motifs is 1. The highest BCUT2D eigenvalue weighted by Crippen LogP contribution is 2.29. The van der Waals surface area contributed by atoms with Crippen LogP contribution in [-0.2, 0) is 14.3 Å². The highest BCUT2D eigenvalue weighted by atomic mass is 16.6. The molecule has 0 aromatic heterocycles. The van der Waals surface area contributed by atoms with E-state index in [1.165, 1.54) is 19.2 Å². The van der Waals surface area contributed by atoms with Crippen LogP contribution in [0.3, 0.4) is 0 Å². The minimum absolute atomic E-state index is 0.202. The summed E-state index contributed by atoms with van der Waals surface area (Å²) in [5.74, 6) is -3.51. The molecule has 9 heteroatoms. The highest BCUT2D eigenvalue weighted by molar-refractivity contribution is 6.22. The number of nitrogens with one attached hydrogen (secondary N) is 2. The molecule has 0 unspecified atom stereocenters. The minimum atomic E-state index is -1.46. The fourth-order valence-electron chi connectivity index (χ4n) is 3.46. The smallest absolute Gasteiger partial charge is 0.330 e. The topological polar surface area (TPSA) is 122 Å². The van der Waals surface area contributed by atoms with Crippen molar-refractivity contribution in [3.8, 4) is 0 Å². The molecule has 5 amide bonds. The normalized spacial score (nSPS) is 14.6. The Morgan fingerprint density at radius 1 is 0.875 bits per heavy atom. The summed E-state index contributed by atoms with van der Waals surface area (Å²) in [5, 5.41) is 4.34. The summed E-state index contributed by atoms with van der Waals surface area (Å²) in [4.78, 5) is 64.2. The van der Waals surface area contributed by atoms with Crippen LogP contribution in [0.5, 0.6) is 0 Å². The molecule has 0 saturated heterocycles. The van der Waals surface area contributed by atoms with Gasteiger partial charge in [0.15, 0.2) is 0 Å². The molecule has 2 N–H and O–H groups in total. The van der Waals surface area contributed by atoms with Crippen molar-refractivity contribution in [1.29, 1.82) is 0 Å². The Bertz CT molecular complexity index is 1030. The van der Waals surface area contributed by atoms with Crippen LogP contribution >= 0.6 is 0 Å². The van der Waals surface area contributed by atoms with E-state index in [1.54, 1.807) is 56.3 Å². The van der Waals surface area contributed by atoms with Crippen LogP contribution < -0.4 is 10.6 Å². The number of urea groups is 1. The summed E-state index contributed by atoms with van der Waals surface area (Å²) < 4.78 is 5.50. The highest BCUT2D eigenvalue weighted by Gasteiger charge is 2.45. The Hall–Kier alpha value is -4.01. The number of benzene rings is 2. The first-order valence-corrected chi connectivity index (χ1v) is 10.0. The predicted octanol–water partition coefficient (Wildman–Crippen LogP) is 2.05. The van der Waals surface area contributed by atoms with Gasteiger partial charge >= 0.3 is 12.0 Å². The van der Waals surface area contributed by atoms with Crippen molar-refractivity contribution in [2.45, 2.75) is 26.0 Å². The van der Waals surface area contributed by atoms with Crippen LogP contribution in [-0.4, -0.2) is 47.7 Å². The number of carbonyl (C=O) groups is 5. The van der Waals surface area contributed by atoms with Gasteiger partial charge in [-0.3, -0.25) is 24.6 Å². The third-order valence-electron chi connectivity index (χ3n) is 5.01. The molecule has 0 fully saturated rings. The van der Waals surface area contributed by atoms with Gasteiger partial charge in [-0.1, -0.05) is 56.3 Å². The van der Waals surface area contributed by atoms with Crippen molar-refractivity contribution in [1.82, 2.24) is 15.5 Å². The summed E-state index contributed by atoms with van der Waals surface area (Å²) in [6.07, 6.45) is -1.46. The summed E-state index contributed by atoms with van der Waals surface area (Å²) in [7, 11) is 1.34. The average molecular weight is 437 g/mol. The van der Waals surface area contributed by atoms with Gasteiger partial charge in [0, 0.05) is 12.6 Å². The molecule has 32 heavy (non-hydrogen) atoms. The van der Waals surface area contributed by atoms with Gasteiger partial charge < -0.3 is 10.1 Å². The first-order valence-electron chi connectivity index (χ1n) is 10.0. The fourth-order valence-corrected chi connectivity index (χ4v) is 3.46. The number of rotatable bonds is 6. The van der Waals surface area contributed by atoms with Gasteiger partial charge in [0.1, 0.15) is 6.04 Å². The van der Waals surface area contributed by atoms with Gasteiger partial charge in [-0.05, 0) is 18.1 Å². The number of ether oxygens (including phenoxy) is 1. The molecule has 3 rings (SSSR count). The second-order valence-corrected chi connectivity index (χ2v) is 7.51. The predicted molar refractivity (Wildman–Crippen MR) is 113 cm³/mol. The molecule has 1 aliphatic heterocycles. The van der Waals surface area contributed by atoms with Gasteiger partial charge in [-0.2, -0.15) is 0 Å². The Morgan fingerprint density at radius 2 is 1.41 bits per heavy atom. The number of imide groups is 2. The molecular formula is C23H23N3O6. The second kappa shape index (κ2) is 9.42. The van der Waals surface area contributed by atoms with Crippen LogP contribution in [0, 0.1) is 5.92 Å². The van der Waals surface area contributed by atoms with Crippen molar-refractivity contribution in [2.24, 2.45) is 5.92 Å². The largest absolute Gasteiger partial charge is 0.446 e. The van der Waals surface area contributed by atoms with E-state index < -0.39 is 47.8 Å². The monoisotopic (exact) mass is 437 g/mol. The Morgan fingerprint density at radius 3 is 1.91 bits per heavy atom. The third kappa shape index (κ3) is 4.36. The molecule has 2 atom stereocenters. The van der Waals surface area contributed by atoms with Gasteiger partial charge in [0.2, 0.25) is 6.10 Å². The molecule has 0 aliphatic carbocycles. The van der Waals surface area contributed by atoms with Crippen molar-refractivity contribution < 1.29 is 28.7 Å². The van der Waals surface area contributed by atoms with Gasteiger partial charge in [0.05, 0.1) is 11.1 Å². The lowest BCUT2D eigenvalue weighted by atomic mass is 10.0. The lowest BCUT2D eigenvalue weighted by Gasteiger charge is -2.29. The maximum atomic E-state index is 13.2. The number of esters is 1. The quantitative estimate of drug-likeness (QED) is 0.527. The zero-order valence-electron chi connectivity index (χ0n) is 17.8. The number of hydrogen-bond acceptors (Lipinski definition) is 6. The van der Waals surface area contributed by atoms with Crippen LogP contribution in [0.25, 0.3) is 0 Å². The SMILES string of the molecule is CNC(=O)NC(=O)[C@H](OC(=O)[C@H](C(C)C)N1C(=O)c2ccccc2C1=O)c1ccccc1. The molecule has 0 bridgehead atoms. The molecule has 2 aromatic carbocycles. The van der Waals surface area contributed by atoms with Gasteiger partial charge in [-0.25, -0.2) is 9.59 Å². The van der Waals surface area contributed by atoms with Gasteiger partial charge in [0.25, 0.3) is 17.7 Å². The molecule has 0 radical (unpaired) electrons. The number of hydrogen-bond donors (Lipinski definition) is 2. The molecule has 1 heterocycles. The van der Waals surface area contributed by atoms with Gasteiger partial charge in [-0.15, -0.1) is 0 Å². The molecule has 1 aliphatic rings. The molecule has 9 nitrogen and oxygen atoms in total. The third-order valence-corrected chi connectivity index (χ3v) is 5.01. The van der Waals surface area contributed by atoms with E-state index in [0.717, 1.165) is 4.90 Å². The molecule has 166 valence electrons. The molecular weight excluding hydrogens is 414 g/mol. The van der Waals surface area contributed by atoms with E-state index in [1.807, 2.05) is 0 Å². The maximum Gasteiger partial charge on any atom is 0.330 e. The first kappa shape index (κ1) is 22.7. The van der Waals surface area contributed by atoms with E-state index in [4.69, 9.17) is 4.74 Å². The lowest BCUT2D eigenvalue weighted by Crippen LogP contribution is -2.50. The summed E-state index contributed by atoms with van der Waals surface area (Å²) in [5.41, 5.74) is 0.730. The van der Waals surface area contributed by atoms with Crippen LogP contribution in [0.4, 0.5) is 4.79 Å². The van der Waals surface area contributed by atoms with E-state index in [2.05, 4.69) is 10.6 Å². The number of amides is 5. The zero-order valence-corrected chi connectivity index (χ0v) is 17.8. The minimum Gasteiger partial charge on any atom is -0.446 e. The van der Waals surface area contributed by atoms with E-state index in [9.17, 15) is 24.0 Å². The van der Waals surface area contributed by atoms with E-state index in [0.29, 0.717) is 5.56 Å². The second-order valence-electron chi connectivity index (χ2n) is 7.51. The van der Waals surface area contributed by atoms with Crippen molar-refractivity contribution in [2.75, 3.05) is 7.05 Å². The van der Waals surface area contributed by atoms with Crippen LogP contribution in [0.2, 0.25) is 0 Å². The Balaban J connectivity index is 1.91. The zero-order chi connectivity index (χ0) is 23.4. The van der Waals surface area contributed by atoms with Crippen LogP contribution in [0.15, 0.2) is 54.6 Å². The fraction of sp³-hybridized carbons (Fsp3) is 0.261. The van der Waals surface area contributed by atoms with Crippen molar-refractivity contribution >= 4 is 29.7 Å². The molecule has 0 spiro atoms. The summed E-state index contributed by atoms with van der Waals surface area (Å²) in [6.45, 7) is 3.33. The van der Waals surface area contributed by atoms with E-state index in [-0.39, 0.29) is 11.1 Å². The van der Waals surface area contributed by atoms with Crippen molar-refractivity contribution in [3.63, 3.8) is 0 Å². The summed E-state index contributed by atoms with van der Waals surface area (Å²) >= 11 is 0. The molecule has 0 saturated carbocycles. The number of nitrogens with zero attached hydrogens (tertiary/aromatic N) is 1. The summed E-state index contributed by atoms with van der Waals surface area (Å²) in [6, 6.07) is 12.4. The standard InChI is InChI=1S/C23H23N3O6/c1-13(2)17(26-20(28)15-11-7-8-12-16(15)21(26)29)22(30)32-18(14-9-5-4-6-10-14)19(27)25-23(31)24-3/h4-13,17-18H,1-3H3,(H2,24,25,27,31)/t17-,18+/m0/s1. The van der Waals surface area contributed by atoms with E-state index >= 15 is 0 Å². The van der Waals surface area contributed by atoms with Crippen LogP contribution in [0.1, 0.15) is 46.2 Å². The maximum absolute atomic E-state index is 13.2.